The van der Waals surface area contributed by atoms with E-state index in [2.05, 4.69) is 23.1 Å². The number of rotatable bonds is 5. The van der Waals surface area contributed by atoms with Crippen LogP contribution in [0.2, 0.25) is 0 Å². The lowest BCUT2D eigenvalue weighted by atomic mass is 9.81. The lowest BCUT2D eigenvalue weighted by Gasteiger charge is -2.44. The minimum atomic E-state index is -0.261. The van der Waals surface area contributed by atoms with Crippen LogP contribution in [0.1, 0.15) is 39.5 Å². The molecule has 0 saturated carbocycles. The monoisotopic (exact) mass is 284 g/mol. The Kier molecular flexibility index (Phi) is 4.01. The molecule has 1 unspecified atom stereocenters. The van der Waals surface area contributed by atoms with Gasteiger partial charge in [0.1, 0.15) is 5.71 Å². The first-order valence-electron chi connectivity index (χ1n) is 6.53. The molecule has 2 aliphatic rings. The van der Waals surface area contributed by atoms with Crippen molar-refractivity contribution in [3.05, 3.63) is 11.3 Å². The van der Waals surface area contributed by atoms with E-state index >= 15 is 0 Å². The van der Waals surface area contributed by atoms with Gasteiger partial charge in [-0.25, -0.2) is 5.53 Å². The lowest BCUT2D eigenvalue weighted by Crippen LogP contribution is -2.61. The van der Waals surface area contributed by atoms with Crippen LogP contribution in [-0.4, -0.2) is 28.0 Å². The van der Waals surface area contributed by atoms with E-state index in [0.29, 0.717) is 17.4 Å². The number of hydrazine groups is 2. The molecule has 2 aliphatic heterocycles. The summed E-state index contributed by atoms with van der Waals surface area (Å²) in [5.41, 5.74) is 13.3. The zero-order chi connectivity index (χ0) is 14.0. The second-order valence-electron chi connectivity index (χ2n) is 5.18. The molecular weight excluding hydrogens is 264 g/mol. The van der Waals surface area contributed by atoms with Gasteiger partial charge >= 0.3 is 0 Å². The predicted molar refractivity (Wildman–Crippen MR) is 77.8 cm³/mol. The molecule has 1 atom stereocenters. The van der Waals surface area contributed by atoms with Gasteiger partial charge in [-0.05, 0) is 32.3 Å². The molecule has 5 N–H and O–H groups in total. The molecular formula is C12H21ClN6. The number of fused-ring (bicyclic) bond motifs is 1. The zero-order valence-corrected chi connectivity index (χ0v) is 12.1. The summed E-state index contributed by atoms with van der Waals surface area (Å²) in [6.45, 7) is 4.11. The van der Waals surface area contributed by atoms with Crippen molar-refractivity contribution >= 4 is 23.1 Å². The highest BCUT2D eigenvalue weighted by Crippen LogP contribution is 2.35. The smallest absolute Gasteiger partial charge is 0.193 e. The van der Waals surface area contributed by atoms with E-state index in [9.17, 15) is 0 Å². The van der Waals surface area contributed by atoms with E-state index in [4.69, 9.17) is 22.7 Å². The fourth-order valence-electron chi connectivity index (χ4n) is 2.56. The number of amidine groups is 1. The number of alkyl halides is 1. The van der Waals surface area contributed by atoms with E-state index in [1.54, 1.807) is 0 Å². The Hall–Kier alpha value is -1.27. The van der Waals surface area contributed by atoms with Crippen LogP contribution < -0.4 is 16.8 Å². The number of hydrogen-bond donors (Lipinski definition) is 4. The van der Waals surface area contributed by atoms with Gasteiger partial charge in [-0.1, -0.05) is 12.8 Å². The summed E-state index contributed by atoms with van der Waals surface area (Å²) in [7, 11) is 0. The van der Waals surface area contributed by atoms with Crippen molar-refractivity contribution in [2.45, 2.75) is 45.1 Å². The Morgan fingerprint density at radius 2 is 2.16 bits per heavy atom. The van der Waals surface area contributed by atoms with E-state index in [0.717, 1.165) is 31.3 Å². The molecule has 0 saturated heterocycles. The first-order valence-corrected chi connectivity index (χ1v) is 7.06. The number of nitrogens with one attached hydrogen (secondary N) is 3. The summed E-state index contributed by atoms with van der Waals surface area (Å²) < 4.78 is 0. The minimum absolute atomic E-state index is 0.261. The molecule has 0 aromatic heterocycles. The molecule has 2 heterocycles. The summed E-state index contributed by atoms with van der Waals surface area (Å²) in [5.74, 6) is 1.26. The van der Waals surface area contributed by atoms with Gasteiger partial charge in [-0.15, -0.1) is 22.2 Å². The highest BCUT2D eigenvalue weighted by molar-refractivity contribution is 6.47. The Balaban J connectivity index is 2.21. The second kappa shape index (κ2) is 5.38. The van der Waals surface area contributed by atoms with Gasteiger partial charge in [0.05, 0.1) is 11.2 Å². The van der Waals surface area contributed by atoms with E-state index in [-0.39, 0.29) is 11.3 Å². The SMILES string of the molecule is CC1=C(N)C(=N)C2=NNNN2C1(C)CCCCCCl. The van der Waals surface area contributed by atoms with Gasteiger partial charge in [0.2, 0.25) is 0 Å². The summed E-state index contributed by atoms with van der Waals surface area (Å²) in [5, 5.41) is 14.0. The first kappa shape index (κ1) is 14.1. The lowest BCUT2D eigenvalue weighted by molar-refractivity contribution is 0.146. The maximum Gasteiger partial charge on any atom is 0.193 e. The third-order valence-electron chi connectivity index (χ3n) is 4.03. The van der Waals surface area contributed by atoms with Crippen LogP contribution in [0.3, 0.4) is 0 Å². The quantitative estimate of drug-likeness (QED) is 0.454. The van der Waals surface area contributed by atoms with Crippen molar-refractivity contribution in [1.82, 2.24) is 16.1 Å². The van der Waals surface area contributed by atoms with Crippen LogP contribution in [0.15, 0.2) is 16.4 Å². The van der Waals surface area contributed by atoms with Crippen molar-refractivity contribution in [3.63, 3.8) is 0 Å². The highest BCUT2D eigenvalue weighted by atomic mass is 35.5. The topological polar surface area (TPSA) is 89.5 Å². The Labute approximate surface area is 118 Å². The third-order valence-corrected chi connectivity index (χ3v) is 4.30. The average Bonchev–Trinajstić information content (AvgIpc) is 2.89. The highest BCUT2D eigenvalue weighted by Gasteiger charge is 2.45. The van der Waals surface area contributed by atoms with Crippen molar-refractivity contribution < 1.29 is 0 Å². The van der Waals surface area contributed by atoms with Crippen LogP contribution in [-0.2, 0) is 0 Å². The molecule has 7 heteroatoms. The average molecular weight is 285 g/mol. The standard InChI is InChI=1S/C12H21ClN6/c1-8-9(14)10(15)11-16-17-18-19(11)12(8,2)6-4-3-5-7-13/h15,17-18H,3-7,14H2,1-2H3. The van der Waals surface area contributed by atoms with Crippen molar-refractivity contribution in [2.24, 2.45) is 10.8 Å². The molecule has 0 spiro atoms. The fourth-order valence-corrected chi connectivity index (χ4v) is 2.75. The van der Waals surface area contributed by atoms with E-state index in [1.165, 1.54) is 0 Å². The van der Waals surface area contributed by atoms with Gasteiger partial charge in [-0.2, -0.15) is 0 Å². The Bertz CT molecular complexity index is 444. The summed E-state index contributed by atoms with van der Waals surface area (Å²) in [4.78, 5) is 0. The Morgan fingerprint density at radius 3 is 2.84 bits per heavy atom. The van der Waals surface area contributed by atoms with Gasteiger partial charge in [0.15, 0.2) is 5.84 Å². The third kappa shape index (κ3) is 2.30. The number of nitrogens with zero attached hydrogens (tertiary/aromatic N) is 2. The van der Waals surface area contributed by atoms with Gasteiger partial charge in [0.25, 0.3) is 0 Å². The first-order chi connectivity index (χ1) is 9.02. The molecule has 0 aromatic carbocycles. The maximum atomic E-state index is 8.02. The number of hydrazone groups is 1. The van der Waals surface area contributed by atoms with E-state index in [1.807, 2.05) is 11.9 Å². The molecule has 0 bridgehead atoms. The molecule has 6 nitrogen and oxygen atoms in total. The van der Waals surface area contributed by atoms with Crippen molar-refractivity contribution in [1.29, 1.82) is 5.41 Å². The van der Waals surface area contributed by atoms with Crippen LogP contribution in [0.25, 0.3) is 0 Å². The molecule has 0 aliphatic carbocycles. The molecule has 106 valence electrons. The van der Waals surface area contributed by atoms with Crippen LogP contribution in [0.4, 0.5) is 0 Å². The molecule has 19 heavy (non-hydrogen) atoms. The normalized spacial score (nSPS) is 26.4. The number of halogens is 1. The van der Waals surface area contributed by atoms with Gasteiger partial charge in [-0.3, -0.25) is 10.4 Å². The van der Waals surface area contributed by atoms with Crippen molar-refractivity contribution in [2.75, 3.05) is 5.88 Å². The number of hydrogen-bond acceptors (Lipinski definition) is 6. The van der Waals surface area contributed by atoms with Crippen LogP contribution in [0, 0.1) is 5.41 Å². The number of nitrogens with two attached hydrogens (primary N) is 1. The molecule has 0 radical (unpaired) electrons. The van der Waals surface area contributed by atoms with Crippen LogP contribution in [0.5, 0.6) is 0 Å². The minimum Gasteiger partial charge on any atom is -0.397 e. The Morgan fingerprint density at radius 1 is 1.42 bits per heavy atom. The summed E-state index contributed by atoms with van der Waals surface area (Å²) in [6.07, 6.45) is 4.12. The van der Waals surface area contributed by atoms with Crippen molar-refractivity contribution in [3.8, 4) is 0 Å². The van der Waals surface area contributed by atoms with Gasteiger partial charge in [0, 0.05) is 5.88 Å². The number of unbranched alkanes of at least 4 members (excludes halogenated alkanes) is 2. The fraction of sp³-hybridized carbons (Fsp3) is 0.667. The van der Waals surface area contributed by atoms with E-state index < -0.39 is 0 Å². The molecule has 0 amide bonds. The predicted octanol–water partition coefficient (Wildman–Crippen LogP) is 1.45. The van der Waals surface area contributed by atoms with Gasteiger partial charge < -0.3 is 5.73 Å². The maximum absolute atomic E-state index is 8.02. The molecule has 2 rings (SSSR count). The largest absolute Gasteiger partial charge is 0.397 e. The molecule has 0 aromatic rings. The second-order valence-corrected chi connectivity index (χ2v) is 5.56. The zero-order valence-electron chi connectivity index (χ0n) is 11.4. The summed E-state index contributed by atoms with van der Waals surface area (Å²) >= 11 is 5.71. The summed E-state index contributed by atoms with van der Waals surface area (Å²) in [6, 6.07) is 0. The van der Waals surface area contributed by atoms with Crippen LogP contribution >= 0.6 is 11.6 Å². The molecule has 0 fully saturated rings.